The third-order valence-electron chi connectivity index (χ3n) is 7.08. The summed E-state index contributed by atoms with van der Waals surface area (Å²) in [4.78, 5) is 28.6. The highest BCUT2D eigenvalue weighted by atomic mass is 35.5. The molecule has 0 radical (unpaired) electrons. The van der Waals surface area contributed by atoms with E-state index in [0.29, 0.717) is 56.0 Å². The number of thioether (sulfide) groups is 1. The van der Waals surface area contributed by atoms with Crippen LogP contribution in [0.2, 0.25) is 10.0 Å². The zero-order chi connectivity index (χ0) is 32.1. The standard InChI is InChI=1S/C33H31Cl2N3O5S2/c1-4-6-15-43-25-14-12-21(16-26(25)42-5-2)28-27(29(39)20-9-7-19(3)8-10-20)30(40)31(41)38(28)32-36-37-33(45-32)44-18-22-11-13-23(34)17-24(22)35/h7-14,16-17,28,39H,4-6,15,18H2,1-3H3/b29-27+. The highest BCUT2D eigenvalue weighted by molar-refractivity contribution is 8.00. The van der Waals surface area contributed by atoms with Crippen molar-refractivity contribution in [3.63, 3.8) is 0 Å². The van der Waals surface area contributed by atoms with Gasteiger partial charge in [-0.05, 0) is 55.7 Å². The van der Waals surface area contributed by atoms with E-state index in [2.05, 4.69) is 17.1 Å². The molecule has 1 amide bonds. The van der Waals surface area contributed by atoms with Gasteiger partial charge in [-0.3, -0.25) is 14.5 Å². The number of unbranched alkanes of at least 4 members (excludes halogenated alkanes) is 1. The highest BCUT2D eigenvalue weighted by Gasteiger charge is 2.48. The summed E-state index contributed by atoms with van der Waals surface area (Å²) < 4.78 is 12.4. The zero-order valence-corrected chi connectivity index (χ0v) is 28.0. The van der Waals surface area contributed by atoms with Crippen molar-refractivity contribution in [1.82, 2.24) is 10.2 Å². The molecule has 8 nitrogen and oxygen atoms in total. The molecule has 1 aliphatic rings. The van der Waals surface area contributed by atoms with E-state index in [4.69, 9.17) is 32.7 Å². The third-order valence-corrected chi connectivity index (χ3v) is 9.77. The molecule has 1 atom stereocenters. The lowest BCUT2D eigenvalue weighted by atomic mass is 9.95. The van der Waals surface area contributed by atoms with Gasteiger partial charge in [-0.1, -0.05) is 102 Å². The second-order valence-electron chi connectivity index (χ2n) is 10.3. The van der Waals surface area contributed by atoms with Crippen molar-refractivity contribution in [3.8, 4) is 11.5 Å². The number of carbonyl (C=O) groups is 2. The molecule has 1 saturated heterocycles. The van der Waals surface area contributed by atoms with Crippen molar-refractivity contribution in [2.75, 3.05) is 18.1 Å². The first-order chi connectivity index (χ1) is 21.7. The van der Waals surface area contributed by atoms with Crippen LogP contribution in [0.1, 0.15) is 55.0 Å². The normalized spacial score (nSPS) is 15.9. The van der Waals surface area contributed by atoms with E-state index in [1.165, 1.54) is 28.0 Å². The fraction of sp³-hybridized carbons (Fsp3) is 0.273. The molecule has 45 heavy (non-hydrogen) atoms. The van der Waals surface area contributed by atoms with Gasteiger partial charge in [0.2, 0.25) is 5.13 Å². The van der Waals surface area contributed by atoms with Gasteiger partial charge in [-0.25, -0.2) is 0 Å². The summed E-state index contributed by atoms with van der Waals surface area (Å²) in [5, 5.41) is 21.4. The fourth-order valence-corrected chi connectivity index (χ4v) is 7.18. The number of aliphatic hydroxyl groups is 1. The monoisotopic (exact) mass is 683 g/mol. The number of ether oxygens (including phenoxy) is 2. The molecule has 1 unspecified atom stereocenters. The summed E-state index contributed by atoms with van der Waals surface area (Å²) in [6.07, 6.45) is 1.86. The Morgan fingerprint density at radius 2 is 1.78 bits per heavy atom. The molecule has 1 fully saturated rings. The lowest BCUT2D eigenvalue weighted by Crippen LogP contribution is -2.29. The van der Waals surface area contributed by atoms with E-state index in [0.717, 1.165) is 24.0 Å². The molecule has 5 rings (SSSR count). The SMILES string of the molecule is CCCCOc1ccc(C2/C(=C(\O)c3ccc(C)cc3)C(=O)C(=O)N2c2nnc(SCc3ccc(Cl)cc3Cl)s2)cc1OCC. The molecule has 4 aromatic rings. The number of ketones is 1. The number of amides is 1. The Kier molecular flexibility index (Phi) is 10.7. The third kappa shape index (κ3) is 7.30. The lowest BCUT2D eigenvalue weighted by molar-refractivity contribution is -0.132. The van der Waals surface area contributed by atoms with E-state index in [-0.39, 0.29) is 16.5 Å². The van der Waals surface area contributed by atoms with Gasteiger partial charge in [0.05, 0.1) is 24.8 Å². The first kappa shape index (κ1) is 32.8. The Bertz CT molecular complexity index is 1740. The van der Waals surface area contributed by atoms with Crippen LogP contribution in [-0.4, -0.2) is 40.2 Å². The summed E-state index contributed by atoms with van der Waals surface area (Å²) in [6, 6.07) is 16.7. The van der Waals surface area contributed by atoms with E-state index in [1.54, 1.807) is 42.5 Å². The number of carbonyl (C=O) groups excluding carboxylic acids is 2. The number of benzene rings is 3. The molecule has 3 aromatic carbocycles. The van der Waals surface area contributed by atoms with Gasteiger partial charge in [0.25, 0.3) is 5.78 Å². The molecule has 0 spiro atoms. The van der Waals surface area contributed by atoms with Crippen LogP contribution in [0, 0.1) is 6.92 Å². The molecule has 1 N–H and O–H groups in total. The van der Waals surface area contributed by atoms with Gasteiger partial charge in [0, 0.05) is 21.4 Å². The number of Topliss-reactive ketones (excluding diaryl/α,β-unsaturated/α-hetero) is 1. The van der Waals surface area contributed by atoms with Crippen LogP contribution < -0.4 is 14.4 Å². The van der Waals surface area contributed by atoms with Crippen LogP contribution in [0.4, 0.5) is 5.13 Å². The number of aromatic nitrogens is 2. The maximum Gasteiger partial charge on any atom is 0.301 e. The number of aryl methyl sites for hydroxylation is 1. The summed E-state index contributed by atoms with van der Waals surface area (Å²) in [7, 11) is 0. The summed E-state index contributed by atoms with van der Waals surface area (Å²) in [5.74, 6) is -0.392. The molecule has 234 valence electrons. The molecule has 12 heteroatoms. The Hall–Kier alpha value is -3.57. The summed E-state index contributed by atoms with van der Waals surface area (Å²) in [5.41, 5.74) is 2.77. The average Bonchev–Trinajstić information content (AvgIpc) is 3.59. The molecule has 1 aromatic heterocycles. The van der Waals surface area contributed by atoms with Gasteiger partial charge >= 0.3 is 5.91 Å². The van der Waals surface area contributed by atoms with Crippen molar-refractivity contribution in [2.45, 2.75) is 49.7 Å². The summed E-state index contributed by atoms with van der Waals surface area (Å²) in [6.45, 7) is 6.77. The predicted molar refractivity (Wildman–Crippen MR) is 180 cm³/mol. The minimum Gasteiger partial charge on any atom is -0.507 e. The average molecular weight is 685 g/mol. The van der Waals surface area contributed by atoms with Crippen LogP contribution in [0.25, 0.3) is 5.76 Å². The fourth-order valence-electron chi connectivity index (χ4n) is 4.76. The molecule has 0 saturated carbocycles. The van der Waals surface area contributed by atoms with Crippen LogP contribution >= 0.6 is 46.3 Å². The second kappa shape index (κ2) is 14.7. The number of nitrogens with zero attached hydrogens (tertiary/aromatic N) is 3. The van der Waals surface area contributed by atoms with E-state index in [1.807, 2.05) is 32.0 Å². The maximum absolute atomic E-state index is 13.7. The summed E-state index contributed by atoms with van der Waals surface area (Å²) >= 11 is 14.9. The zero-order valence-electron chi connectivity index (χ0n) is 24.9. The molecular weight excluding hydrogens is 653 g/mol. The Labute approximate surface area is 280 Å². The Balaban J connectivity index is 1.56. The molecule has 1 aliphatic heterocycles. The predicted octanol–water partition coefficient (Wildman–Crippen LogP) is 8.65. The van der Waals surface area contributed by atoms with E-state index in [9.17, 15) is 14.7 Å². The van der Waals surface area contributed by atoms with Gasteiger partial charge in [0.15, 0.2) is 15.8 Å². The number of rotatable bonds is 12. The molecule has 0 bridgehead atoms. The van der Waals surface area contributed by atoms with Gasteiger partial charge < -0.3 is 14.6 Å². The first-order valence-corrected chi connectivity index (χ1v) is 16.9. The first-order valence-electron chi connectivity index (χ1n) is 14.4. The van der Waals surface area contributed by atoms with Crippen LogP contribution in [-0.2, 0) is 15.3 Å². The van der Waals surface area contributed by atoms with E-state index >= 15 is 0 Å². The van der Waals surface area contributed by atoms with Gasteiger partial charge in [-0.2, -0.15) is 0 Å². The number of halogens is 2. The largest absolute Gasteiger partial charge is 0.507 e. The maximum atomic E-state index is 13.7. The van der Waals surface area contributed by atoms with Crippen molar-refractivity contribution in [1.29, 1.82) is 0 Å². The van der Waals surface area contributed by atoms with Gasteiger partial charge in [-0.15, -0.1) is 10.2 Å². The number of hydrogen-bond acceptors (Lipinski definition) is 9. The van der Waals surface area contributed by atoms with Crippen molar-refractivity contribution >= 4 is 68.9 Å². The quantitative estimate of drug-likeness (QED) is 0.0395. The molecule has 2 heterocycles. The number of anilines is 1. The Morgan fingerprint density at radius 1 is 1.00 bits per heavy atom. The van der Waals surface area contributed by atoms with Crippen LogP contribution in [0.3, 0.4) is 0 Å². The van der Waals surface area contributed by atoms with Crippen LogP contribution in [0.15, 0.2) is 70.6 Å². The topological polar surface area (TPSA) is 102 Å². The highest BCUT2D eigenvalue weighted by Crippen LogP contribution is 2.46. The van der Waals surface area contributed by atoms with Gasteiger partial charge in [0.1, 0.15) is 5.76 Å². The van der Waals surface area contributed by atoms with Crippen molar-refractivity contribution < 1.29 is 24.2 Å². The number of aliphatic hydroxyl groups excluding tert-OH is 1. The van der Waals surface area contributed by atoms with Crippen molar-refractivity contribution in [3.05, 3.63) is 98.5 Å². The molecule has 0 aliphatic carbocycles. The second-order valence-corrected chi connectivity index (χ2v) is 13.3. The van der Waals surface area contributed by atoms with E-state index < -0.39 is 17.7 Å². The van der Waals surface area contributed by atoms with Crippen LogP contribution in [0.5, 0.6) is 11.5 Å². The minimum atomic E-state index is -0.994. The Morgan fingerprint density at radius 3 is 2.49 bits per heavy atom. The van der Waals surface area contributed by atoms with Crippen molar-refractivity contribution in [2.24, 2.45) is 0 Å². The lowest BCUT2D eigenvalue weighted by Gasteiger charge is -2.23. The number of hydrogen-bond donors (Lipinski definition) is 1. The molecular formula is C33H31Cl2N3O5S2. The minimum absolute atomic E-state index is 0.0525. The smallest absolute Gasteiger partial charge is 0.301 e.